The van der Waals surface area contributed by atoms with Crippen LogP contribution in [-0.2, 0) is 26.1 Å². The van der Waals surface area contributed by atoms with Gasteiger partial charge in [-0.1, -0.05) is 54.6 Å². The number of halogens is 1. The molecule has 250 valence electrons. The number of carbonyl (C=O) groups is 2. The van der Waals surface area contributed by atoms with Crippen LogP contribution in [0.2, 0.25) is 0 Å². The van der Waals surface area contributed by atoms with Crippen molar-refractivity contribution in [2.45, 2.75) is 30.4 Å². The molecule has 0 aliphatic carbocycles. The zero-order valence-corrected chi connectivity index (χ0v) is 27.2. The molecule has 0 spiro atoms. The van der Waals surface area contributed by atoms with Gasteiger partial charge in [0.2, 0.25) is 15.9 Å². The van der Waals surface area contributed by atoms with E-state index in [0.29, 0.717) is 28.1 Å². The van der Waals surface area contributed by atoms with Crippen molar-refractivity contribution in [2.75, 3.05) is 36.9 Å². The van der Waals surface area contributed by atoms with E-state index in [-0.39, 0.29) is 41.6 Å². The number of rotatable bonds is 10. The zero-order valence-electron chi connectivity index (χ0n) is 26.4. The minimum Gasteiger partial charge on any atom is -0.444 e. The number of aliphatic imine (C=N–C) groups is 1. The number of sulfonamides is 1. The van der Waals surface area contributed by atoms with Gasteiger partial charge in [-0.15, -0.1) is 0 Å². The molecular formula is C35H37FN6O5S. The molecule has 0 saturated carbocycles. The fourth-order valence-electron chi connectivity index (χ4n) is 5.41. The quantitative estimate of drug-likeness (QED) is 0.161. The molecule has 48 heavy (non-hydrogen) atoms. The normalized spacial score (nSPS) is 14.4. The topological polar surface area (TPSA) is 160 Å². The van der Waals surface area contributed by atoms with E-state index in [1.54, 1.807) is 83.8 Å². The smallest absolute Gasteiger partial charge is 0.435 e. The summed E-state index contributed by atoms with van der Waals surface area (Å²) in [6.45, 7) is 1.83. The van der Waals surface area contributed by atoms with Crippen LogP contribution in [0.3, 0.4) is 0 Å². The SMILES string of the molecule is CN1CCC(OC(=O)N=C(N)c2cccc(N(CC(=O)Nc3ccc(-c4ccccc4S(N)(=O)=O)cc3)Cc3ccc(F)cc3)c2)CC1. The van der Waals surface area contributed by atoms with Crippen LogP contribution < -0.4 is 21.1 Å². The van der Waals surface area contributed by atoms with Gasteiger partial charge in [-0.2, -0.15) is 4.99 Å². The molecule has 5 rings (SSSR count). The first kappa shape index (κ1) is 34.2. The number of amidine groups is 1. The molecule has 0 aromatic heterocycles. The van der Waals surface area contributed by atoms with Gasteiger partial charge in [-0.3, -0.25) is 4.79 Å². The Morgan fingerprint density at radius 1 is 0.979 bits per heavy atom. The molecule has 5 N–H and O–H groups in total. The Hall–Kier alpha value is -5.11. The van der Waals surface area contributed by atoms with Gasteiger partial charge in [0.05, 0.1) is 11.4 Å². The van der Waals surface area contributed by atoms with E-state index in [4.69, 9.17) is 15.6 Å². The van der Waals surface area contributed by atoms with Gasteiger partial charge in [0.25, 0.3) is 0 Å². The zero-order chi connectivity index (χ0) is 34.3. The van der Waals surface area contributed by atoms with Gasteiger partial charge >= 0.3 is 6.09 Å². The van der Waals surface area contributed by atoms with E-state index in [1.807, 2.05) is 7.05 Å². The summed E-state index contributed by atoms with van der Waals surface area (Å²) in [4.78, 5) is 33.8. The molecule has 1 saturated heterocycles. The summed E-state index contributed by atoms with van der Waals surface area (Å²) in [6.07, 6.45) is 0.485. The van der Waals surface area contributed by atoms with Gasteiger partial charge in [0.1, 0.15) is 17.8 Å². The third-order valence-electron chi connectivity index (χ3n) is 7.95. The summed E-state index contributed by atoms with van der Waals surface area (Å²) in [5.74, 6) is -0.745. The van der Waals surface area contributed by atoms with Crippen molar-refractivity contribution in [1.82, 2.24) is 4.90 Å². The van der Waals surface area contributed by atoms with Crippen LogP contribution in [0, 0.1) is 5.82 Å². The summed E-state index contributed by atoms with van der Waals surface area (Å²) in [6, 6.07) is 26.0. The Kier molecular flexibility index (Phi) is 10.8. The molecule has 0 radical (unpaired) electrons. The van der Waals surface area contributed by atoms with Gasteiger partial charge in [0.15, 0.2) is 0 Å². The number of hydrogen-bond donors (Lipinski definition) is 3. The summed E-state index contributed by atoms with van der Waals surface area (Å²) in [5.41, 5.74) is 9.60. The predicted molar refractivity (Wildman–Crippen MR) is 183 cm³/mol. The first-order valence-electron chi connectivity index (χ1n) is 15.3. The standard InChI is InChI=1S/C35H37FN6O5S/c1-41-19-17-30(18-20-41)47-35(44)40-34(37)26-5-4-6-29(21-26)42(22-24-9-13-27(36)14-10-24)23-33(43)39-28-15-11-25(12-16-28)31-7-2-3-8-32(31)48(38,45)46/h2-16,21,30H,17-20,22-23H2,1H3,(H,39,43)(H2,37,40,44)(H2,38,45,46). The fraction of sp³-hybridized carbons (Fsp3) is 0.229. The van der Waals surface area contributed by atoms with Crippen LogP contribution in [0.15, 0.2) is 107 Å². The average Bonchev–Trinajstić information content (AvgIpc) is 3.06. The molecular weight excluding hydrogens is 635 g/mol. The molecule has 1 aliphatic rings. The lowest BCUT2D eigenvalue weighted by Gasteiger charge is -2.28. The third-order valence-corrected chi connectivity index (χ3v) is 8.92. The molecule has 1 fully saturated rings. The summed E-state index contributed by atoms with van der Waals surface area (Å²) >= 11 is 0. The molecule has 11 nitrogen and oxygen atoms in total. The van der Waals surface area contributed by atoms with Gasteiger partial charge < -0.3 is 25.6 Å². The summed E-state index contributed by atoms with van der Waals surface area (Å²) in [7, 11) is -1.92. The predicted octanol–water partition coefficient (Wildman–Crippen LogP) is 4.72. The fourth-order valence-corrected chi connectivity index (χ4v) is 6.17. The van der Waals surface area contributed by atoms with E-state index in [2.05, 4.69) is 15.2 Å². The average molecular weight is 673 g/mol. The summed E-state index contributed by atoms with van der Waals surface area (Å²) < 4.78 is 43.3. The minimum absolute atomic E-state index is 0.000257. The van der Waals surface area contributed by atoms with E-state index in [0.717, 1.165) is 31.5 Å². The number of anilines is 2. The molecule has 1 heterocycles. The number of amides is 2. The molecule has 0 unspecified atom stereocenters. The van der Waals surface area contributed by atoms with Crippen molar-refractivity contribution in [3.05, 3.63) is 114 Å². The van der Waals surface area contributed by atoms with Crippen molar-refractivity contribution in [3.8, 4) is 11.1 Å². The first-order chi connectivity index (χ1) is 22.9. The lowest BCUT2D eigenvalue weighted by Crippen LogP contribution is -2.35. The van der Waals surface area contributed by atoms with Gasteiger partial charge in [-0.25, -0.2) is 22.7 Å². The van der Waals surface area contributed by atoms with E-state index < -0.39 is 16.1 Å². The first-order valence-corrected chi connectivity index (χ1v) is 16.8. The Labute approximate surface area is 279 Å². The van der Waals surface area contributed by atoms with E-state index in [9.17, 15) is 22.4 Å². The maximum absolute atomic E-state index is 13.6. The number of benzene rings is 4. The lowest BCUT2D eigenvalue weighted by atomic mass is 10.1. The monoisotopic (exact) mass is 672 g/mol. The highest BCUT2D eigenvalue weighted by Gasteiger charge is 2.21. The number of piperidine rings is 1. The van der Waals surface area contributed by atoms with E-state index in [1.165, 1.54) is 18.2 Å². The van der Waals surface area contributed by atoms with Crippen LogP contribution in [0.25, 0.3) is 11.1 Å². The van der Waals surface area contributed by atoms with Crippen molar-refractivity contribution in [1.29, 1.82) is 0 Å². The second kappa shape index (κ2) is 15.2. The maximum Gasteiger partial charge on any atom is 0.435 e. The Balaban J connectivity index is 1.32. The number of likely N-dealkylation sites (tertiary alicyclic amines) is 1. The highest BCUT2D eigenvalue weighted by Crippen LogP contribution is 2.28. The number of carbonyl (C=O) groups excluding carboxylic acids is 2. The van der Waals surface area contributed by atoms with Gasteiger partial charge in [0, 0.05) is 42.1 Å². The lowest BCUT2D eigenvalue weighted by molar-refractivity contribution is -0.115. The molecule has 4 aromatic rings. The molecule has 2 amide bonds. The van der Waals surface area contributed by atoms with Crippen LogP contribution in [-0.4, -0.2) is 63.9 Å². The number of nitrogens with one attached hydrogen (secondary N) is 1. The van der Waals surface area contributed by atoms with Crippen molar-refractivity contribution in [3.63, 3.8) is 0 Å². The van der Waals surface area contributed by atoms with Crippen molar-refractivity contribution < 1.29 is 27.1 Å². The number of primary sulfonamides is 1. The van der Waals surface area contributed by atoms with Crippen molar-refractivity contribution >= 4 is 39.2 Å². The highest BCUT2D eigenvalue weighted by atomic mass is 32.2. The second-order valence-corrected chi connectivity index (χ2v) is 13.1. The highest BCUT2D eigenvalue weighted by molar-refractivity contribution is 7.89. The van der Waals surface area contributed by atoms with Crippen LogP contribution in [0.5, 0.6) is 0 Å². The Morgan fingerprint density at radius 2 is 1.67 bits per heavy atom. The molecule has 13 heteroatoms. The molecule has 1 aliphatic heterocycles. The second-order valence-electron chi connectivity index (χ2n) is 11.6. The Bertz CT molecular complexity index is 1890. The van der Waals surface area contributed by atoms with Crippen LogP contribution in [0.1, 0.15) is 24.0 Å². The van der Waals surface area contributed by atoms with E-state index >= 15 is 0 Å². The number of ether oxygens (including phenoxy) is 1. The molecule has 0 bridgehead atoms. The summed E-state index contributed by atoms with van der Waals surface area (Å²) in [5, 5.41) is 8.26. The van der Waals surface area contributed by atoms with Crippen molar-refractivity contribution in [2.24, 2.45) is 15.9 Å². The van der Waals surface area contributed by atoms with Crippen LogP contribution in [0.4, 0.5) is 20.6 Å². The minimum atomic E-state index is -3.94. The van der Waals surface area contributed by atoms with Crippen LogP contribution >= 0.6 is 0 Å². The number of nitrogens with zero attached hydrogens (tertiary/aromatic N) is 3. The largest absolute Gasteiger partial charge is 0.444 e. The number of hydrogen-bond acceptors (Lipinski definition) is 7. The Morgan fingerprint density at radius 3 is 2.35 bits per heavy atom. The molecule has 0 atom stereocenters. The third kappa shape index (κ3) is 9.25. The van der Waals surface area contributed by atoms with Gasteiger partial charge in [-0.05, 0) is 73.5 Å². The number of nitrogens with two attached hydrogens (primary N) is 2. The maximum atomic E-state index is 13.6. The molecule has 4 aromatic carbocycles.